The van der Waals surface area contributed by atoms with Gasteiger partial charge in [-0.3, -0.25) is 4.79 Å². The lowest BCUT2D eigenvalue weighted by Crippen LogP contribution is -2.32. The molecule has 1 aromatic rings. The van der Waals surface area contributed by atoms with E-state index in [9.17, 15) is 4.79 Å². The topological polar surface area (TPSA) is 29.1 Å². The number of carbonyl (C=O) groups excluding carboxylic acids is 1. The molecule has 0 saturated carbocycles. The molecule has 0 aliphatic heterocycles. The summed E-state index contributed by atoms with van der Waals surface area (Å²) in [5.41, 5.74) is 1.19. The van der Waals surface area contributed by atoms with Crippen molar-refractivity contribution in [2.75, 3.05) is 6.54 Å². The molecule has 0 aliphatic carbocycles. The van der Waals surface area contributed by atoms with E-state index in [1.165, 1.54) is 5.56 Å². The van der Waals surface area contributed by atoms with Crippen molar-refractivity contribution in [2.45, 2.75) is 32.1 Å². The number of alkyl halides is 1. The molecule has 0 aliphatic rings. The smallest absolute Gasteiger partial charge is 0.220 e. The lowest BCUT2D eigenvalue weighted by atomic mass is 10.1. The lowest BCUT2D eigenvalue weighted by molar-refractivity contribution is -0.121. The van der Waals surface area contributed by atoms with Gasteiger partial charge in [0, 0.05) is 13.0 Å². The predicted molar refractivity (Wildman–Crippen MR) is 72.3 cm³/mol. The molecular formula is C14H20ClNO. The van der Waals surface area contributed by atoms with Crippen LogP contribution in [0.5, 0.6) is 0 Å². The van der Waals surface area contributed by atoms with E-state index in [2.05, 4.69) is 5.32 Å². The molecule has 0 saturated heterocycles. The van der Waals surface area contributed by atoms with Crippen LogP contribution in [-0.4, -0.2) is 17.8 Å². The van der Waals surface area contributed by atoms with Crippen LogP contribution in [0.1, 0.15) is 25.8 Å². The lowest BCUT2D eigenvalue weighted by Gasteiger charge is -2.13. The first-order valence-corrected chi connectivity index (χ1v) is 6.48. The van der Waals surface area contributed by atoms with E-state index in [-0.39, 0.29) is 11.3 Å². The Kier molecular flexibility index (Phi) is 6.06. The van der Waals surface area contributed by atoms with Gasteiger partial charge in [-0.2, -0.15) is 0 Å². The van der Waals surface area contributed by atoms with Gasteiger partial charge >= 0.3 is 0 Å². The average molecular weight is 254 g/mol. The van der Waals surface area contributed by atoms with Crippen LogP contribution in [-0.2, 0) is 11.2 Å². The molecule has 94 valence electrons. The molecule has 1 rings (SSSR count). The maximum absolute atomic E-state index is 11.6. The van der Waals surface area contributed by atoms with Crippen molar-refractivity contribution in [1.29, 1.82) is 0 Å². The van der Waals surface area contributed by atoms with Gasteiger partial charge in [-0.25, -0.2) is 0 Å². The van der Waals surface area contributed by atoms with Crippen LogP contribution in [0.15, 0.2) is 30.3 Å². The van der Waals surface area contributed by atoms with Crippen molar-refractivity contribution in [3.63, 3.8) is 0 Å². The Bertz CT molecular complexity index is 337. The minimum atomic E-state index is 0.00988. The number of benzene rings is 1. The fourth-order valence-electron chi connectivity index (χ4n) is 1.44. The summed E-state index contributed by atoms with van der Waals surface area (Å²) in [5, 5.41) is 2.87. The first kappa shape index (κ1) is 14.0. The standard InChI is InChI=1S/C14H20ClNO/c1-11(2)13(15)10-16-14(17)9-8-12-6-4-3-5-7-12/h3-7,11,13H,8-10H2,1-2H3,(H,16,17). The Morgan fingerprint density at radius 1 is 1.29 bits per heavy atom. The highest BCUT2D eigenvalue weighted by atomic mass is 35.5. The molecule has 0 fully saturated rings. The molecule has 1 atom stereocenters. The molecule has 1 unspecified atom stereocenters. The highest BCUT2D eigenvalue weighted by molar-refractivity contribution is 6.21. The Morgan fingerprint density at radius 2 is 1.94 bits per heavy atom. The Hall–Kier alpha value is -1.02. The van der Waals surface area contributed by atoms with E-state index in [4.69, 9.17) is 11.6 Å². The van der Waals surface area contributed by atoms with Crippen LogP contribution in [0.25, 0.3) is 0 Å². The number of nitrogens with one attached hydrogen (secondary N) is 1. The zero-order valence-electron chi connectivity index (χ0n) is 10.4. The summed E-state index contributed by atoms with van der Waals surface area (Å²) in [7, 11) is 0. The first-order chi connectivity index (χ1) is 8.09. The van der Waals surface area contributed by atoms with E-state index in [1.54, 1.807) is 0 Å². The molecule has 0 aromatic heterocycles. The van der Waals surface area contributed by atoms with E-state index < -0.39 is 0 Å². The summed E-state index contributed by atoms with van der Waals surface area (Å²) in [5.74, 6) is 0.450. The van der Waals surface area contributed by atoms with E-state index in [1.807, 2.05) is 44.2 Å². The first-order valence-electron chi connectivity index (χ1n) is 6.04. The van der Waals surface area contributed by atoms with Gasteiger partial charge in [0.15, 0.2) is 0 Å². The highest BCUT2D eigenvalue weighted by Gasteiger charge is 2.10. The SMILES string of the molecule is CC(C)C(Cl)CNC(=O)CCc1ccccc1. The van der Waals surface area contributed by atoms with E-state index in [0.29, 0.717) is 18.9 Å². The van der Waals surface area contributed by atoms with Crippen molar-refractivity contribution >= 4 is 17.5 Å². The van der Waals surface area contributed by atoms with Gasteiger partial charge in [-0.1, -0.05) is 44.2 Å². The van der Waals surface area contributed by atoms with Crippen LogP contribution in [0.4, 0.5) is 0 Å². The number of carbonyl (C=O) groups is 1. The Morgan fingerprint density at radius 3 is 2.53 bits per heavy atom. The van der Waals surface area contributed by atoms with Gasteiger partial charge in [-0.05, 0) is 17.9 Å². The monoisotopic (exact) mass is 253 g/mol. The third-order valence-electron chi connectivity index (χ3n) is 2.70. The number of hydrogen-bond donors (Lipinski definition) is 1. The minimum Gasteiger partial charge on any atom is -0.355 e. The summed E-state index contributed by atoms with van der Waals surface area (Å²) in [4.78, 5) is 11.6. The highest BCUT2D eigenvalue weighted by Crippen LogP contribution is 2.08. The zero-order chi connectivity index (χ0) is 12.7. The molecule has 0 heterocycles. The fraction of sp³-hybridized carbons (Fsp3) is 0.500. The van der Waals surface area contributed by atoms with Crippen molar-refractivity contribution in [1.82, 2.24) is 5.32 Å². The van der Waals surface area contributed by atoms with Crippen LogP contribution in [0.2, 0.25) is 0 Å². The average Bonchev–Trinajstić information content (AvgIpc) is 2.34. The van der Waals surface area contributed by atoms with Gasteiger partial charge in [0.05, 0.1) is 5.38 Å². The quantitative estimate of drug-likeness (QED) is 0.776. The molecule has 3 heteroatoms. The zero-order valence-corrected chi connectivity index (χ0v) is 11.2. The molecular weight excluding hydrogens is 234 g/mol. The van der Waals surface area contributed by atoms with Crippen LogP contribution < -0.4 is 5.32 Å². The van der Waals surface area contributed by atoms with Gasteiger partial charge in [0.1, 0.15) is 0 Å². The van der Waals surface area contributed by atoms with Crippen molar-refractivity contribution in [2.24, 2.45) is 5.92 Å². The maximum atomic E-state index is 11.6. The molecule has 0 spiro atoms. The number of amides is 1. The fourth-order valence-corrected chi connectivity index (χ4v) is 1.52. The van der Waals surface area contributed by atoms with Gasteiger partial charge in [0.2, 0.25) is 5.91 Å². The molecule has 17 heavy (non-hydrogen) atoms. The summed E-state index contributed by atoms with van der Waals surface area (Å²) in [6.07, 6.45) is 1.30. The summed E-state index contributed by atoms with van der Waals surface area (Å²) < 4.78 is 0. The van der Waals surface area contributed by atoms with Crippen LogP contribution >= 0.6 is 11.6 Å². The largest absolute Gasteiger partial charge is 0.355 e. The van der Waals surface area contributed by atoms with Gasteiger partial charge in [-0.15, -0.1) is 11.6 Å². The van der Waals surface area contributed by atoms with Gasteiger partial charge in [0.25, 0.3) is 0 Å². The second-order valence-electron chi connectivity index (χ2n) is 4.55. The van der Waals surface area contributed by atoms with Crippen molar-refractivity contribution in [3.8, 4) is 0 Å². The number of halogens is 1. The molecule has 0 radical (unpaired) electrons. The molecule has 1 amide bonds. The summed E-state index contributed by atoms with van der Waals surface area (Å²) >= 11 is 6.06. The second kappa shape index (κ2) is 7.33. The summed E-state index contributed by atoms with van der Waals surface area (Å²) in [6.45, 7) is 4.65. The van der Waals surface area contributed by atoms with Crippen molar-refractivity contribution < 1.29 is 4.79 Å². The molecule has 0 bridgehead atoms. The second-order valence-corrected chi connectivity index (χ2v) is 5.11. The third kappa shape index (κ3) is 5.73. The Labute approximate surface area is 108 Å². The summed E-state index contributed by atoms with van der Waals surface area (Å²) in [6, 6.07) is 10.0. The number of rotatable bonds is 6. The third-order valence-corrected chi connectivity index (χ3v) is 3.36. The Balaban J connectivity index is 2.22. The predicted octanol–water partition coefficient (Wildman–Crippen LogP) is 3.00. The maximum Gasteiger partial charge on any atom is 0.220 e. The molecule has 1 N–H and O–H groups in total. The molecule has 1 aromatic carbocycles. The van der Waals surface area contributed by atoms with Gasteiger partial charge < -0.3 is 5.32 Å². The normalized spacial score (nSPS) is 12.5. The van der Waals surface area contributed by atoms with E-state index >= 15 is 0 Å². The van der Waals surface area contributed by atoms with Crippen LogP contribution in [0, 0.1) is 5.92 Å². The number of aryl methyl sites for hydroxylation is 1. The molecule has 2 nitrogen and oxygen atoms in total. The van der Waals surface area contributed by atoms with Crippen molar-refractivity contribution in [3.05, 3.63) is 35.9 Å². The number of hydrogen-bond acceptors (Lipinski definition) is 1. The van der Waals surface area contributed by atoms with Crippen LogP contribution in [0.3, 0.4) is 0 Å². The minimum absolute atomic E-state index is 0.00988. The van der Waals surface area contributed by atoms with E-state index in [0.717, 1.165) is 6.42 Å².